The van der Waals surface area contributed by atoms with Crippen molar-refractivity contribution in [1.82, 2.24) is 4.90 Å². The van der Waals surface area contributed by atoms with E-state index in [-0.39, 0.29) is 16.8 Å². The molecular formula is C21H22N2O4S. The summed E-state index contributed by atoms with van der Waals surface area (Å²) >= 11 is 0. The average molecular weight is 398 g/mol. The molecule has 3 rings (SSSR count). The number of nitrogens with zero attached hydrogens (tertiary/aromatic N) is 1. The molecule has 0 spiro atoms. The van der Waals surface area contributed by atoms with Crippen LogP contribution in [0.2, 0.25) is 0 Å². The van der Waals surface area contributed by atoms with Crippen molar-refractivity contribution in [2.45, 2.75) is 20.8 Å². The van der Waals surface area contributed by atoms with Gasteiger partial charge in [-0.05, 0) is 32.9 Å². The van der Waals surface area contributed by atoms with Gasteiger partial charge in [0.25, 0.3) is 10.0 Å². The van der Waals surface area contributed by atoms with Crippen molar-refractivity contribution < 1.29 is 18.0 Å². The predicted molar refractivity (Wildman–Crippen MR) is 109 cm³/mol. The second kappa shape index (κ2) is 7.59. The largest absolute Gasteiger partial charge is 0.368 e. The number of aryl methyl sites for hydroxylation is 1. The Kier molecular flexibility index (Phi) is 5.38. The van der Waals surface area contributed by atoms with E-state index in [9.17, 15) is 18.0 Å². The summed E-state index contributed by atoms with van der Waals surface area (Å²) in [5.41, 5.74) is 1.56. The molecule has 1 N–H and O–H groups in total. The van der Waals surface area contributed by atoms with Crippen LogP contribution in [0.1, 0.15) is 40.1 Å². The summed E-state index contributed by atoms with van der Waals surface area (Å²) in [5.74, 6) is -1.13. The minimum absolute atomic E-state index is 0.0756. The number of likely N-dealkylation sites (N-methyl/N-ethyl adjacent to an activating group) is 1. The first-order valence-corrected chi connectivity index (χ1v) is 10.6. The summed E-state index contributed by atoms with van der Waals surface area (Å²) < 4.78 is 28.8. The van der Waals surface area contributed by atoms with Gasteiger partial charge in [-0.25, -0.2) is 8.42 Å². The van der Waals surface area contributed by atoms with Gasteiger partial charge in [0.15, 0.2) is 4.91 Å². The number of allylic oxidation sites excluding steroid dienone is 2. The lowest BCUT2D eigenvalue weighted by molar-refractivity contribution is 0.0949. The number of ketones is 2. The summed E-state index contributed by atoms with van der Waals surface area (Å²) in [4.78, 5) is 27.4. The number of Topliss-reactive ketones (excluding diaryl/α,β-unsaturated/α-hetero) is 2. The molecule has 1 aliphatic carbocycles. The molecule has 0 heterocycles. The second-order valence-electron chi connectivity index (χ2n) is 6.53. The molecule has 7 heteroatoms. The summed E-state index contributed by atoms with van der Waals surface area (Å²) in [5, 5.41) is 0. The summed E-state index contributed by atoms with van der Waals surface area (Å²) in [6.45, 7) is 6.31. The maximum Gasteiger partial charge on any atom is 0.268 e. The Bertz CT molecular complexity index is 1070. The van der Waals surface area contributed by atoms with Crippen LogP contribution < -0.4 is 4.72 Å². The third-order valence-corrected chi connectivity index (χ3v) is 6.13. The molecule has 6 nitrogen and oxygen atoms in total. The topological polar surface area (TPSA) is 83.6 Å². The Balaban J connectivity index is 2.19. The first-order chi connectivity index (χ1) is 13.3. The lowest BCUT2D eigenvalue weighted by Gasteiger charge is -2.29. The van der Waals surface area contributed by atoms with E-state index in [2.05, 4.69) is 4.72 Å². The van der Waals surface area contributed by atoms with E-state index >= 15 is 0 Å². The number of carbonyl (C=O) groups is 2. The van der Waals surface area contributed by atoms with Crippen LogP contribution in [-0.2, 0) is 10.0 Å². The zero-order valence-electron chi connectivity index (χ0n) is 16.0. The van der Waals surface area contributed by atoms with E-state index in [1.165, 1.54) is 6.07 Å². The van der Waals surface area contributed by atoms with Crippen LogP contribution in [0.3, 0.4) is 0 Å². The number of anilines is 1. The van der Waals surface area contributed by atoms with Crippen molar-refractivity contribution in [2.75, 3.05) is 17.8 Å². The van der Waals surface area contributed by atoms with Crippen LogP contribution in [0.5, 0.6) is 0 Å². The molecule has 146 valence electrons. The number of nitrogens with one attached hydrogen (secondary N) is 1. The normalized spacial score (nSPS) is 14.1. The lowest BCUT2D eigenvalue weighted by Crippen LogP contribution is -2.37. The van der Waals surface area contributed by atoms with Gasteiger partial charge >= 0.3 is 0 Å². The van der Waals surface area contributed by atoms with E-state index < -0.39 is 26.5 Å². The first-order valence-electron chi connectivity index (χ1n) is 9.07. The van der Waals surface area contributed by atoms with Crippen molar-refractivity contribution in [2.24, 2.45) is 0 Å². The second-order valence-corrected chi connectivity index (χ2v) is 8.14. The van der Waals surface area contributed by atoms with Gasteiger partial charge in [-0.2, -0.15) is 0 Å². The van der Waals surface area contributed by atoms with Crippen LogP contribution in [0.25, 0.3) is 0 Å². The monoisotopic (exact) mass is 398 g/mol. The van der Waals surface area contributed by atoms with Crippen molar-refractivity contribution in [3.05, 3.63) is 75.8 Å². The lowest BCUT2D eigenvalue weighted by atomic mass is 9.92. The average Bonchev–Trinajstić information content (AvgIpc) is 2.68. The number of hydrogen-bond acceptors (Lipinski definition) is 5. The molecule has 0 saturated carbocycles. The van der Waals surface area contributed by atoms with Crippen LogP contribution in [-0.4, -0.2) is 38.0 Å². The SMILES string of the molecule is CCN(CC)C1=C(S(=O)(=O)Nc2ccc(C)cc2)C(=O)c2ccccc2C1=O. The van der Waals surface area contributed by atoms with E-state index in [4.69, 9.17) is 0 Å². The van der Waals surface area contributed by atoms with Crippen molar-refractivity contribution in [3.8, 4) is 0 Å². The van der Waals surface area contributed by atoms with E-state index in [0.29, 0.717) is 18.8 Å². The Morgan fingerprint density at radius 3 is 1.93 bits per heavy atom. The van der Waals surface area contributed by atoms with Crippen LogP contribution in [0.4, 0.5) is 5.69 Å². The standard InChI is InChI=1S/C21H22N2O4S/c1-4-23(5-2)18-19(24)16-8-6-7-9-17(16)20(25)21(18)28(26,27)22-15-12-10-14(3)11-13-15/h6-13,22H,4-5H2,1-3H3. The molecule has 0 aromatic heterocycles. The van der Waals surface area contributed by atoms with Crippen molar-refractivity contribution in [3.63, 3.8) is 0 Å². The fourth-order valence-corrected chi connectivity index (χ4v) is 4.62. The van der Waals surface area contributed by atoms with E-state index in [1.807, 2.05) is 20.8 Å². The molecule has 0 saturated heterocycles. The third kappa shape index (κ3) is 3.45. The number of hydrogen-bond donors (Lipinski definition) is 1. The van der Waals surface area contributed by atoms with Gasteiger partial charge in [0.1, 0.15) is 5.70 Å². The van der Waals surface area contributed by atoms with Gasteiger partial charge in [0.05, 0.1) is 0 Å². The Labute approximate surface area is 164 Å². The number of rotatable bonds is 6. The molecule has 0 fully saturated rings. The Morgan fingerprint density at radius 2 is 1.39 bits per heavy atom. The number of sulfonamides is 1. The summed E-state index contributed by atoms with van der Waals surface area (Å²) in [6.07, 6.45) is 0. The van der Waals surface area contributed by atoms with E-state index in [0.717, 1.165) is 5.56 Å². The van der Waals surface area contributed by atoms with Crippen LogP contribution >= 0.6 is 0 Å². The molecule has 28 heavy (non-hydrogen) atoms. The zero-order valence-corrected chi connectivity index (χ0v) is 16.8. The molecule has 1 aliphatic rings. The van der Waals surface area contributed by atoms with Crippen LogP contribution in [0, 0.1) is 6.92 Å². The first kappa shape index (κ1) is 19.8. The van der Waals surface area contributed by atoms with Gasteiger partial charge in [0, 0.05) is 29.9 Å². The van der Waals surface area contributed by atoms with Crippen LogP contribution in [0.15, 0.2) is 59.1 Å². The highest BCUT2D eigenvalue weighted by molar-refractivity contribution is 7.97. The van der Waals surface area contributed by atoms with Gasteiger partial charge in [0.2, 0.25) is 11.6 Å². The van der Waals surface area contributed by atoms with E-state index in [1.54, 1.807) is 47.4 Å². The Hall–Kier alpha value is -2.93. The van der Waals surface area contributed by atoms with Crippen molar-refractivity contribution >= 4 is 27.3 Å². The fourth-order valence-electron chi connectivity index (χ4n) is 3.24. The van der Waals surface area contributed by atoms with Gasteiger partial charge < -0.3 is 4.90 Å². The van der Waals surface area contributed by atoms with Gasteiger partial charge in [-0.15, -0.1) is 0 Å². The molecule has 0 atom stereocenters. The third-order valence-electron chi connectivity index (χ3n) is 4.70. The Morgan fingerprint density at radius 1 is 0.857 bits per heavy atom. The summed E-state index contributed by atoms with van der Waals surface area (Å²) in [6, 6.07) is 13.1. The molecule has 0 bridgehead atoms. The quantitative estimate of drug-likeness (QED) is 0.807. The maximum atomic E-state index is 13.2. The highest BCUT2D eigenvalue weighted by Crippen LogP contribution is 2.32. The molecule has 2 aromatic rings. The predicted octanol–water partition coefficient (Wildman–Crippen LogP) is 3.37. The highest BCUT2D eigenvalue weighted by Gasteiger charge is 2.40. The summed E-state index contributed by atoms with van der Waals surface area (Å²) in [7, 11) is -4.27. The molecular weight excluding hydrogens is 376 g/mol. The number of benzene rings is 2. The van der Waals surface area contributed by atoms with Crippen molar-refractivity contribution in [1.29, 1.82) is 0 Å². The minimum atomic E-state index is -4.27. The molecule has 0 radical (unpaired) electrons. The molecule has 2 aromatic carbocycles. The highest BCUT2D eigenvalue weighted by atomic mass is 32.2. The number of carbonyl (C=O) groups excluding carboxylic acids is 2. The molecule has 0 aliphatic heterocycles. The van der Waals surface area contributed by atoms with Gasteiger partial charge in [-0.1, -0.05) is 42.0 Å². The van der Waals surface area contributed by atoms with Gasteiger partial charge in [-0.3, -0.25) is 14.3 Å². The minimum Gasteiger partial charge on any atom is -0.368 e. The zero-order chi connectivity index (χ0) is 20.5. The molecule has 0 unspecified atom stereocenters. The smallest absolute Gasteiger partial charge is 0.268 e. The number of fused-ring (bicyclic) bond motifs is 1. The molecule has 0 amide bonds. The maximum absolute atomic E-state index is 13.2. The fraction of sp³-hybridized carbons (Fsp3) is 0.238.